The van der Waals surface area contributed by atoms with Gasteiger partial charge in [0.25, 0.3) is 0 Å². The zero-order chi connectivity index (χ0) is 16.2. The number of hydrogen-bond donors (Lipinski definition) is 1. The summed E-state index contributed by atoms with van der Waals surface area (Å²) in [5.74, 6) is -0.0284. The molecule has 0 atom stereocenters. The van der Waals surface area contributed by atoms with Gasteiger partial charge in [-0.05, 0) is 31.4 Å². The van der Waals surface area contributed by atoms with E-state index in [0.717, 1.165) is 17.4 Å². The highest BCUT2D eigenvalue weighted by Crippen LogP contribution is 2.12. The second-order valence-corrected chi connectivity index (χ2v) is 7.52. The SMILES string of the molecule is Cc1cccc(/C=C/C(=O)N2CCC(NS(C)(=O)=O)CC2)c1. The molecule has 0 unspecified atom stereocenters. The molecule has 0 bridgehead atoms. The van der Waals surface area contributed by atoms with Gasteiger partial charge in [0.1, 0.15) is 0 Å². The Kier molecular flexibility index (Phi) is 5.37. The van der Waals surface area contributed by atoms with Crippen molar-refractivity contribution in [1.82, 2.24) is 9.62 Å². The fourth-order valence-corrected chi connectivity index (χ4v) is 3.41. The molecule has 6 heteroatoms. The van der Waals surface area contributed by atoms with E-state index < -0.39 is 10.0 Å². The highest BCUT2D eigenvalue weighted by Gasteiger charge is 2.23. The molecule has 1 amide bonds. The number of amides is 1. The number of carbonyl (C=O) groups is 1. The number of carbonyl (C=O) groups excluding carboxylic acids is 1. The summed E-state index contributed by atoms with van der Waals surface area (Å²) in [5, 5.41) is 0. The van der Waals surface area contributed by atoms with Crippen molar-refractivity contribution in [2.45, 2.75) is 25.8 Å². The predicted molar refractivity (Wildman–Crippen MR) is 87.8 cm³/mol. The van der Waals surface area contributed by atoms with Crippen LogP contribution in [0.3, 0.4) is 0 Å². The Morgan fingerprint density at radius 3 is 2.59 bits per heavy atom. The Morgan fingerprint density at radius 1 is 1.32 bits per heavy atom. The minimum absolute atomic E-state index is 0.0284. The van der Waals surface area contributed by atoms with Crippen molar-refractivity contribution in [2.24, 2.45) is 0 Å². The number of sulfonamides is 1. The number of benzene rings is 1. The smallest absolute Gasteiger partial charge is 0.246 e. The van der Waals surface area contributed by atoms with Gasteiger partial charge in [0.15, 0.2) is 0 Å². The largest absolute Gasteiger partial charge is 0.339 e. The molecule has 1 aromatic carbocycles. The summed E-state index contributed by atoms with van der Waals surface area (Å²) in [6.45, 7) is 3.16. The van der Waals surface area contributed by atoms with Crippen molar-refractivity contribution in [1.29, 1.82) is 0 Å². The molecule has 0 radical (unpaired) electrons. The molecule has 1 heterocycles. The number of nitrogens with zero attached hydrogens (tertiary/aromatic N) is 1. The fraction of sp³-hybridized carbons (Fsp3) is 0.438. The average Bonchev–Trinajstić information content (AvgIpc) is 2.44. The Hall–Kier alpha value is -1.66. The van der Waals surface area contributed by atoms with Gasteiger partial charge in [-0.1, -0.05) is 29.8 Å². The summed E-state index contributed by atoms with van der Waals surface area (Å²) in [6.07, 6.45) is 5.86. The molecule has 1 fully saturated rings. The highest BCUT2D eigenvalue weighted by atomic mass is 32.2. The van der Waals surface area contributed by atoms with Crippen LogP contribution < -0.4 is 4.72 Å². The van der Waals surface area contributed by atoms with Gasteiger partial charge >= 0.3 is 0 Å². The molecule has 0 aromatic heterocycles. The van der Waals surface area contributed by atoms with Gasteiger partial charge in [0.2, 0.25) is 15.9 Å². The number of likely N-dealkylation sites (tertiary alicyclic amines) is 1. The van der Waals surface area contributed by atoms with E-state index in [4.69, 9.17) is 0 Å². The molecule has 0 saturated carbocycles. The van der Waals surface area contributed by atoms with Gasteiger partial charge in [-0.25, -0.2) is 13.1 Å². The average molecular weight is 322 g/mol. The Labute approximate surface area is 132 Å². The van der Waals surface area contributed by atoms with Gasteiger partial charge in [-0.2, -0.15) is 0 Å². The van der Waals surface area contributed by atoms with Crippen molar-refractivity contribution in [3.8, 4) is 0 Å². The molecular formula is C16H22N2O3S. The Morgan fingerprint density at radius 2 is 2.00 bits per heavy atom. The molecular weight excluding hydrogens is 300 g/mol. The summed E-state index contributed by atoms with van der Waals surface area (Å²) in [6, 6.07) is 7.88. The monoisotopic (exact) mass is 322 g/mol. The lowest BCUT2D eigenvalue weighted by Gasteiger charge is -2.31. The minimum Gasteiger partial charge on any atom is -0.339 e. The van der Waals surface area contributed by atoms with Crippen LogP contribution in [0.2, 0.25) is 0 Å². The van der Waals surface area contributed by atoms with Crippen molar-refractivity contribution in [3.63, 3.8) is 0 Å². The van der Waals surface area contributed by atoms with Crippen LogP contribution >= 0.6 is 0 Å². The van der Waals surface area contributed by atoms with E-state index in [-0.39, 0.29) is 11.9 Å². The van der Waals surface area contributed by atoms with Gasteiger partial charge in [-0.15, -0.1) is 0 Å². The van der Waals surface area contributed by atoms with Crippen LogP contribution in [0.5, 0.6) is 0 Å². The molecule has 1 N–H and O–H groups in total. The third kappa shape index (κ3) is 5.27. The molecule has 22 heavy (non-hydrogen) atoms. The van der Waals surface area contributed by atoms with E-state index in [9.17, 15) is 13.2 Å². The van der Waals surface area contributed by atoms with Crippen LogP contribution in [0.4, 0.5) is 0 Å². The molecule has 1 aliphatic heterocycles. The molecule has 1 aliphatic rings. The minimum atomic E-state index is -3.18. The molecule has 1 aromatic rings. The van der Waals surface area contributed by atoms with Crippen molar-refractivity contribution in [3.05, 3.63) is 41.5 Å². The number of aryl methyl sites for hydroxylation is 1. The first-order valence-electron chi connectivity index (χ1n) is 7.34. The van der Waals surface area contributed by atoms with Crippen molar-refractivity contribution < 1.29 is 13.2 Å². The second kappa shape index (κ2) is 7.07. The van der Waals surface area contributed by atoms with Gasteiger partial charge in [0.05, 0.1) is 6.26 Å². The van der Waals surface area contributed by atoms with E-state index in [1.807, 2.05) is 37.3 Å². The summed E-state index contributed by atoms with van der Waals surface area (Å²) >= 11 is 0. The fourth-order valence-electron chi connectivity index (χ4n) is 2.57. The molecule has 2 rings (SSSR count). The zero-order valence-electron chi connectivity index (χ0n) is 13.0. The summed E-state index contributed by atoms with van der Waals surface area (Å²) in [4.78, 5) is 13.9. The maximum Gasteiger partial charge on any atom is 0.246 e. The molecule has 5 nitrogen and oxygen atoms in total. The zero-order valence-corrected chi connectivity index (χ0v) is 13.8. The Bertz CT molecular complexity index is 660. The molecule has 1 saturated heterocycles. The van der Waals surface area contributed by atoms with Crippen LogP contribution in [0.1, 0.15) is 24.0 Å². The van der Waals surface area contributed by atoms with Crippen molar-refractivity contribution >= 4 is 22.0 Å². The lowest BCUT2D eigenvalue weighted by molar-refractivity contribution is -0.126. The third-order valence-corrected chi connectivity index (χ3v) is 4.41. The highest BCUT2D eigenvalue weighted by molar-refractivity contribution is 7.88. The van der Waals surface area contributed by atoms with Crippen LogP contribution in [-0.4, -0.2) is 44.6 Å². The van der Waals surface area contributed by atoms with Gasteiger partial charge in [0, 0.05) is 25.2 Å². The first-order chi connectivity index (χ1) is 10.3. The third-order valence-electron chi connectivity index (χ3n) is 3.65. The quantitative estimate of drug-likeness (QED) is 0.855. The van der Waals surface area contributed by atoms with Crippen LogP contribution in [0.15, 0.2) is 30.3 Å². The van der Waals surface area contributed by atoms with E-state index in [1.165, 1.54) is 0 Å². The van der Waals surface area contributed by atoms with E-state index >= 15 is 0 Å². The Balaban J connectivity index is 1.87. The normalized spacial score (nSPS) is 17.1. The molecule has 120 valence electrons. The maximum absolute atomic E-state index is 12.1. The second-order valence-electron chi connectivity index (χ2n) is 5.74. The first kappa shape index (κ1) is 16.7. The summed E-state index contributed by atoms with van der Waals surface area (Å²) in [5.41, 5.74) is 2.16. The van der Waals surface area contributed by atoms with Gasteiger partial charge < -0.3 is 4.90 Å². The van der Waals surface area contributed by atoms with Crippen molar-refractivity contribution in [2.75, 3.05) is 19.3 Å². The lowest BCUT2D eigenvalue weighted by atomic mass is 10.1. The lowest BCUT2D eigenvalue weighted by Crippen LogP contribution is -2.45. The standard InChI is InChI=1S/C16H22N2O3S/c1-13-4-3-5-14(12-13)6-7-16(19)18-10-8-15(9-11-18)17-22(2,20)21/h3-7,12,15,17H,8-11H2,1-2H3/b7-6+. The number of hydrogen-bond acceptors (Lipinski definition) is 3. The predicted octanol–water partition coefficient (Wildman–Crippen LogP) is 1.55. The first-order valence-corrected chi connectivity index (χ1v) is 9.23. The molecule has 0 aliphatic carbocycles. The maximum atomic E-state index is 12.1. The topological polar surface area (TPSA) is 66.5 Å². The number of rotatable bonds is 4. The van der Waals surface area contributed by atoms with Gasteiger partial charge in [-0.3, -0.25) is 4.79 Å². The molecule has 0 spiro atoms. The number of nitrogens with one attached hydrogen (secondary N) is 1. The van der Waals surface area contributed by atoms with E-state index in [0.29, 0.717) is 25.9 Å². The summed E-state index contributed by atoms with van der Waals surface area (Å²) < 4.78 is 25.0. The van der Waals surface area contributed by atoms with E-state index in [2.05, 4.69) is 4.72 Å². The van der Waals surface area contributed by atoms with E-state index in [1.54, 1.807) is 11.0 Å². The number of piperidine rings is 1. The summed E-state index contributed by atoms with van der Waals surface area (Å²) in [7, 11) is -3.18. The van der Waals surface area contributed by atoms with Crippen LogP contribution in [-0.2, 0) is 14.8 Å². The van der Waals surface area contributed by atoms with Crippen LogP contribution in [0, 0.1) is 6.92 Å². The van der Waals surface area contributed by atoms with Crippen LogP contribution in [0.25, 0.3) is 6.08 Å².